The highest BCUT2D eigenvalue weighted by Crippen LogP contribution is 2.77. The lowest BCUT2D eigenvalue weighted by molar-refractivity contribution is 0.00322. The van der Waals surface area contributed by atoms with Crippen molar-refractivity contribution in [2.75, 3.05) is 0 Å². The monoisotopic (exact) mass is 683 g/mol. The summed E-state index contributed by atoms with van der Waals surface area (Å²) in [6.45, 7) is 0. The third kappa shape index (κ3) is 2.90. The van der Waals surface area contributed by atoms with Crippen molar-refractivity contribution in [3.63, 3.8) is 0 Å². The lowest BCUT2D eigenvalue weighted by Gasteiger charge is -2.48. The van der Waals surface area contributed by atoms with E-state index < -0.39 is 0 Å². The van der Waals surface area contributed by atoms with E-state index in [1.54, 1.807) is 0 Å². The molecule has 5 fully saturated rings. The summed E-state index contributed by atoms with van der Waals surface area (Å²) in [5.41, 5.74) is 13.5. The maximum absolute atomic E-state index is 11.0. The fourth-order valence-electron chi connectivity index (χ4n) is 15.9. The topological polar surface area (TPSA) is 65.1 Å². The number of aromatic nitrogens is 1. The Morgan fingerprint density at radius 1 is 0.585 bits per heavy atom. The molecule has 8 aromatic rings. The third-order valence-electron chi connectivity index (χ3n) is 17.2. The molecular weight excluding hydrogens is 647 g/mol. The molecule has 3 heterocycles. The number of rotatable bonds is 0. The largest absolute Gasteiger partial charge is 0.455 e. The van der Waals surface area contributed by atoms with Gasteiger partial charge in [-0.05, 0) is 174 Å². The first kappa shape index (κ1) is 27.5. The lowest BCUT2D eigenvalue weighted by Crippen LogP contribution is -2.41. The van der Waals surface area contributed by atoms with Gasteiger partial charge in [0, 0.05) is 26.9 Å². The number of fused-ring (bicyclic) bond motifs is 15. The van der Waals surface area contributed by atoms with Crippen molar-refractivity contribution >= 4 is 70.8 Å². The molecule has 0 saturated heterocycles. The summed E-state index contributed by atoms with van der Waals surface area (Å²) in [7, 11) is 0. The highest BCUT2D eigenvalue weighted by molar-refractivity contribution is 6.35. The molecule has 7 atom stereocenters. The summed E-state index contributed by atoms with van der Waals surface area (Å²) >= 11 is 0. The molecule has 0 amide bonds. The Hall–Kier alpha value is -5.06. The Bertz CT molecular complexity index is 3160. The van der Waals surface area contributed by atoms with Crippen LogP contribution in [0.25, 0.3) is 70.8 Å². The Kier molecular flexibility index (Phi) is 4.50. The van der Waals surface area contributed by atoms with E-state index in [4.69, 9.17) is 4.42 Å². The molecule has 53 heavy (non-hydrogen) atoms. The van der Waals surface area contributed by atoms with Gasteiger partial charge in [-0.25, -0.2) is 0 Å². The van der Waals surface area contributed by atoms with Crippen molar-refractivity contribution in [2.24, 2.45) is 29.1 Å². The Labute approximate surface area is 306 Å². The fourth-order valence-corrected chi connectivity index (χ4v) is 15.9. The number of hydrogen-bond donors (Lipinski definition) is 0. The molecule has 0 radical (unpaired) electrons. The SMILES string of the molecule is N#Cc1cc2c(c3c1C1CC4CC5CC3CC45C1)c1cc3c4cccc5cccc(oc3c3c6c7c(c(C#N)cc6n2c13)C1CC2CC(C1)CC7C2)c54. The Balaban J connectivity index is 1.22. The zero-order valence-corrected chi connectivity index (χ0v) is 29.6. The van der Waals surface area contributed by atoms with Crippen molar-refractivity contribution in [2.45, 2.75) is 87.9 Å². The summed E-state index contributed by atoms with van der Waals surface area (Å²) in [6.07, 6.45) is 12.8. The molecule has 0 N–H and O–H groups in total. The van der Waals surface area contributed by atoms with Crippen LogP contribution in [0.3, 0.4) is 0 Å². The van der Waals surface area contributed by atoms with Crippen LogP contribution >= 0.6 is 0 Å². The van der Waals surface area contributed by atoms with Crippen molar-refractivity contribution in [3.8, 4) is 12.1 Å². The summed E-state index contributed by atoms with van der Waals surface area (Å²) in [6, 6.07) is 25.8. The van der Waals surface area contributed by atoms with Crippen LogP contribution in [0.4, 0.5) is 0 Å². The van der Waals surface area contributed by atoms with Gasteiger partial charge in [0.2, 0.25) is 0 Å². The van der Waals surface area contributed by atoms with Crippen LogP contribution in [0, 0.1) is 51.7 Å². The predicted octanol–water partition coefficient (Wildman–Crippen LogP) is 12.4. The maximum atomic E-state index is 11.0. The summed E-state index contributed by atoms with van der Waals surface area (Å²) < 4.78 is 9.76. The Morgan fingerprint density at radius 2 is 1.23 bits per heavy atom. The van der Waals surface area contributed by atoms with Gasteiger partial charge in [0.15, 0.2) is 0 Å². The average molecular weight is 684 g/mol. The molecule has 3 aromatic heterocycles. The van der Waals surface area contributed by atoms with Gasteiger partial charge in [-0.2, -0.15) is 10.5 Å². The third-order valence-corrected chi connectivity index (χ3v) is 17.2. The van der Waals surface area contributed by atoms with E-state index in [2.05, 4.69) is 71.1 Å². The molecule has 254 valence electrons. The highest BCUT2D eigenvalue weighted by atomic mass is 16.3. The van der Waals surface area contributed by atoms with Gasteiger partial charge in [0.05, 0.1) is 45.2 Å². The van der Waals surface area contributed by atoms with Crippen LogP contribution in [0.15, 0.2) is 59.0 Å². The molecule has 8 aliphatic carbocycles. The predicted molar refractivity (Wildman–Crippen MR) is 209 cm³/mol. The van der Waals surface area contributed by atoms with Crippen LogP contribution in [0.2, 0.25) is 0 Å². The highest BCUT2D eigenvalue weighted by Gasteiger charge is 2.66. The minimum Gasteiger partial charge on any atom is -0.455 e. The molecular formula is C49H37N3O. The van der Waals surface area contributed by atoms with Gasteiger partial charge in [-0.1, -0.05) is 30.3 Å². The van der Waals surface area contributed by atoms with Crippen LogP contribution < -0.4 is 0 Å². The van der Waals surface area contributed by atoms with Gasteiger partial charge in [0.1, 0.15) is 11.2 Å². The van der Waals surface area contributed by atoms with E-state index in [9.17, 15) is 10.5 Å². The van der Waals surface area contributed by atoms with Crippen LogP contribution in [0.1, 0.15) is 121 Å². The zero-order chi connectivity index (χ0) is 34.2. The molecule has 7 bridgehead atoms. The van der Waals surface area contributed by atoms with Gasteiger partial charge < -0.3 is 8.82 Å². The van der Waals surface area contributed by atoms with Gasteiger partial charge in [-0.15, -0.1) is 0 Å². The van der Waals surface area contributed by atoms with Crippen molar-refractivity contribution in [1.82, 2.24) is 4.40 Å². The quantitative estimate of drug-likeness (QED) is 0.118. The maximum Gasteiger partial charge on any atom is 0.145 e. The summed E-state index contributed by atoms with van der Waals surface area (Å²) in [5, 5.41) is 32.1. The fraction of sp³-hybridized carbons (Fsp3) is 0.388. The van der Waals surface area contributed by atoms with Crippen molar-refractivity contribution < 1.29 is 4.42 Å². The normalized spacial score (nSPS) is 32.9. The molecule has 4 heteroatoms. The average Bonchev–Trinajstić information content (AvgIpc) is 3.81. The smallest absolute Gasteiger partial charge is 0.145 e. The molecule has 8 aliphatic rings. The van der Waals surface area contributed by atoms with E-state index >= 15 is 0 Å². The van der Waals surface area contributed by atoms with Gasteiger partial charge in [-0.3, -0.25) is 0 Å². The molecule has 1 spiro atoms. The molecule has 7 unspecified atom stereocenters. The number of nitrogens with zero attached hydrogens (tertiary/aromatic N) is 3. The van der Waals surface area contributed by atoms with E-state index in [1.165, 1.54) is 141 Å². The number of nitriles is 2. The second kappa shape index (κ2) is 8.66. The minimum absolute atomic E-state index is 0.459. The molecule has 5 saturated carbocycles. The standard InChI is InChI=1S/C49H37N3O/c50-20-29-15-37-45(42-26-10-22-7-23(11-26)9-25(8-22)39(29)42)46-47-35(17-34-33-5-1-3-24-4-2-6-38(41(24)33)53-48(34)46)44-36(52(37)47)14-30(21-51)40-27-12-31-16-32-13-28(43(40)44)19-49(31,32)18-27/h1-6,14-15,17,22-23,25-28,31-32H,7-13,16,18-19H2. The van der Waals surface area contributed by atoms with Crippen molar-refractivity contribution in [1.29, 1.82) is 10.5 Å². The van der Waals surface area contributed by atoms with Gasteiger partial charge in [0.25, 0.3) is 0 Å². The second-order valence-corrected chi connectivity index (χ2v) is 19.1. The van der Waals surface area contributed by atoms with E-state index in [0.29, 0.717) is 29.1 Å². The second-order valence-electron chi connectivity index (χ2n) is 19.1. The zero-order valence-electron chi connectivity index (χ0n) is 29.6. The van der Waals surface area contributed by atoms with E-state index in [1.807, 2.05) is 0 Å². The lowest BCUT2D eigenvalue weighted by atomic mass is 9.56. The Morgan fingerprint density at radius 3 is 1.96 bits per heavy atom. The molecule has 4 nitrogen and oxygen atoms in total. The first-order valence-corrected chi connectivity index (χ1v) is 20.5. The first-order valence-electron chi connectivity index (χ1n) is 20.5. The minimum atomic E-state index is 0.459. The van der Waals surface area contributed by atoms with E-state index in [0.717, 1.165) is 51.5 Å². The van der Waals surface area contributed by atoms with Crippen molar-refractivity contribution in [3.05, 3.63) is 88.0 Å². The van der Waals surface area contributed by atoms with Crippen LogP contribution in [0.5, 0.6) is 0 Å². The van der Waals surface area contributed by atoms with Gasteiger partial charge >= 0.3 is 0 Å². The number of benzene rings is 5. The summed E-state index contributed by atoms with van der Waals surface area (Å²) in [5.74, 6) is 5.13. The molecule has 16 rings (SSSR count). The molecule has 5 aromatic carbocycles. The first-order chi connectivity index (χ1) is 26.1. The molecule has 0 aliphatic heterocycles. The van der Waals surface area contributed by atoms with Crippen LogP contribution in [-0.4, -0.2) is 4.40 Å². The van der Waals surface area contributed by atoms with E-state index in [-0.39, 0.29) is 0 Å². The number of hydrogen-bond acceptors (Lipinski definition) is 3. The summed E-state index contributed by atoms with van der Waals surface area (Å²) in [4.78, 5) is 0. The van der Waals surface area contributed by atoms with Crippen LogP contribution in [-0.2, 0) is 0 Å².